The van der Waals surface area contributed by atoms with Gasteiger partial charge in [-0.25, -0.2) is 0 Å². The van der Waals surface area contributed by atoms with Crippen LogP contribution in [0.25, 0.3) is 0 Å². The Kier molecular flexibility index (Phi) is 7.09. The van der Waals surface area contributed by atoms with Gasteiger partial charge in [-0.3, -0.25) is 9.59 Å². The van der Waals surface area contributed by atoms with E-state index < -0.39 is 0 Å². The van der Waals surface area contributed by atoms with Crippen molar-refractivity contribution in [3.63, 3.8) is 0 Å². The molecular weight excluding hydrogens is 280 g/mol. The van der Waals surface area contributed by atoms with Crippen LogP contribution in [-0.2, 0) is 9.59 Å². The molecule has 0 fully saturated rings. The zero-order chi connectivity index (χ0) is 16.6. The largest absolute Gasteiger partial charge is 0.423 e. The molecule has 4 heteroatoms. The van der Waals surface area contributed by atoms with Crippen molar-refractivity contribution >= 4 is 11.9 Å². The Balaban J connectivity index is 2.57. The van der Waals surface area contributed by atoms with Gasteiger partial charge >= 0.3 is 11.9 Å². The van der Waals surface area contributed by atoms with Gasteiger partial charge in [0.05, 0.1) is 0 Å². The molecular formula is C18H26O4. The topological polar surface area (TPSA) is 52.6 Å². The summed E-state index contributed by atoms with van der Waals surface area (Å²) < 4.78 is 10.6. The van der Waals surface area contributed by atoms with Crippen LogP contribution in [0.2, 0.25) is 0 Å². The second kappa shape index (κ2) is 8.57. The number of ether oxygens (including phenoxy) is 2. The van der Waals surface area contributed by atoms with Gasteiger partial charge in [0.2, 0.25) is 0 Å². The number of hydrogen-bond acceptors (Lipinski definition) is 4. The number of carbonyl (C=O) groups excluding carboxylic acids is 2. The van der Waals surface area contributed by atoms with Crippen LogP contribution in [-0.4, -0.2) is 11.9 Å². The molecule has 0 aliphatic heterocycles. The molecule has 0 bridgehead atoms. The van der Waals surface area contributed by atoms with E-state index in [0.29, 0.717) is 30.8 Å². The number of para-hydroxylation sites is 2. The van der Waals surface area contributed by atoms with Crippen LogP contribution in [0.5, 0.6) is 11.5 Å². The van der Waals surface area contributed by atoms with Crippen LogP contribution in [0, 0.1) is 5.41 Å². The van der Waals surface area contributed by atoms with Crippen LogP contribution in [0.3, 0.4) is 0 Å². The normalized spacial score (nSPS) is 11.1. The minimum absolute atomic E-state index is 0.202. The van der Waals surface area contributed by atoms with Crippen molar-refractivity contribution in [2.45, 2.75) is 59.8 Å². The van der Waals surface area contributed by atoms with E-state index in [0.717, 1.165) is 12.8 Å². The molecule has 0 spiro atoms. The third-order valence-electron chi connectivity index (χ3n) is 3.06. The zero-order valence-corrected chi connectivity index (χ0v) is 14.0. The molecule has 0 saturated heterocycles. The summed E-state index contributed by atoms with van der Waals surface area (Å²) in [7, 11) is 0. The van der Waals surface area contributed by atoms with Gasteiger partial charge in [0.25, 0.3) is 0 Å². The van der Waals surface area contributed by atoms with Gasteiger partial charge in [-0.05, 0) is 36.8 Å². The van der Waals surface area contributed by atoms with E-state index >= 15 is 0 Å². The molecule has 0 unspecified atom stereocenters. The van der Waals surface area contributed by atoms with Crippen LogP contribution < -0.4 is 9.47 Å². The minimum atomic E-state index is -0.321. The Hall–Kier alpha value is -1.84. The van der Waals surface area contributed by atoms with Gasteiger partial charge in [-0.15, -0.1) is 0 Å². The summed E-state index contributed by atoms with van der Waals surface area (Å²) in [5.41, 5.74) is 0.202. The summed E-state index contributed by atoms with van der Waals surface area (Å²) in [6.07, 6.45) is 3.14. The summed E-state index contributed by atoms with van der Waals surface area (Å²) >= 11 is 0. The fourth-order valence-electron chi connectivity index (χ4n) is 1.93. The maximum Gasteiger partial charge on any atom is 0.311 e. The Bertz CT molecular complexity index is 500. The van der Waals surface area contributed by atoms with Crippen molar-refractivity contribution < 1.29 is 19.1 Å². The Morgan fingerprint density at radius 1 is 0.955 bits per heavy atom. The smallest absolute Gasteiger partial charge is 0.311 e. The summed E-state index contributed by atoms with van der Waals surface area (Å²) in [6.45, 7) is 8.32. The lowest BCUT2D eigenvalue weighted by Crippen LogP contribution is -2.13. The molecule has 0 aliphatic carbocycles. The maximum absolute atomic E-state index is 11.9. The number of esters is 2. The summed E-state index contributed by atoms with van der Waals surface area (Å²) in [5, 5.41) is 0. The molecule has 122 valence electrons. The predicted octanol–water partition coefficient (Wildman–Crippen LogP) is 4.51. The van der Waals surface area contributed by atoms with E-state index in [9.17, 15) is 9.59 Å². The molecule has 1 aromatic rings. The molecule has 1 rings (SSSR count). The van der Waals surface area contributed by atoms with Crippen molar-refractivity contribution in [2.24, 2.45) is 5.41 Å². The van der Waals surface area contributed by atoms with Crippen molar-refractivity contribution in [3.05, 3.63) is 24.3 Å². The predicted molar refractivity (Wildman–Crippen MR) is 85.9 cm³/mol. The van der Waals surface area contributed by atoms with E-state index in [2.05, 4.69) is 20.8 Å². The van der Waals surface area contributed by atoms with Crippen LogP contribution in [0.4, 0.5) is 0 Å². The first kappa shape index (κ1) is 18.2. The van der Waals surface area contributed by atoms with E-state index in [4.69, 9.17) is 9.47 Å². The van der Waals surface area contributed by atoms with E-state index in [1.807, 2.05) is 6.92 Å². The molecule has 4 nitrogen and oxygen atoms in total. The first-order valence-corrected chi connectivity index (χ1v) is 7.82. The SMILES string of the molecule is CCCC(=O)Oc1ccccc1OC(=O)CCCC(C)(C)C. The lowest BCUT2D eigenvalue weighted by molar-refractivity contribution is -0.137. The lowest BCUT2D eigenvalue weighted by Gasteiger charge is -2.17. The number of hydrogen-bond donors (Lipinski definition) is 0. The average molecular weight is 306 g/mol. The van der Waals surface area contributed by atoms with Gasteiger partial charge in [0, 0.05) is 12.8 Å². The number of carbonyl (C=O) groups is 2. The fourth-order valence-corrected chi connectivity index (χ4v) is 1.93. The molecule has 0 saturated carbocycles. The van der Waals surface area contributed by atoms with Crippen LogP contribution >= 0.6 is 0 Å². The van der Waals surface area contributed by atoms with E-state index in [1.54, 1.807) is 24.3 Å². The Morgan fingerprint density at radius 3 is 1.91 bits per heavy atom. The Morgan fingerprint density at radius 2 is 1.45 bits per heavy atom. The molecule has 22 heavy (non-hydrogen) atoms. The van der Waals surface area contributed by atoms with Gasteiger partial charge in [0.1, 0.15) is 0 Å². The first-order chi connectivity index (χ1) is 10.3. The monoisotopic (exact) mass is 306 g/mol. The molecule has 1 aromatic carbocycles. The van der Waals surface area contributed by atoms with Crippen LogP contribution in [0.15, 0.2) is 24.3 Å². The lowest BCUT2D eigenvalue weighted by atomic mass is 9.90. The molecule has 0 N–H and O–H groups in total. The molecule has 0 amide bonds. The van der Waals surface area contributed by atoms with Gasteiger partial charge in [0.15, 0.2) is 11.5 Å². The zero-order valence-electron chi connectivity index (χ0n) is 14.0. The molecule has 0 heterocycles. The van der Waals surface area contributed by atoms with E-state index in [1.165, 1.54) is 0 Å². The Labute approximate surface area is 132 Å². The highest BCUT2D eigenvalue weighted by Gasteiger charge is 2.15. The van der Waals surface area contributed by atoms with Crippen LogP contribution in [0.1, 0.15) is 59.8 Å². The highest BCUT2D eigenvalue weighted by Crippen LogP contribution is 2.28. The number of rotatable bonds is 7. The van der Waals surface area contributed by atoms with Crippen molar-refractivity contribution in [2.75, 3.05) is 0 Å². The second-order valence-corrected chi connectivity index (χ2v) is 6.56. The van der Waals surface area contributed by atoms with E-state index in [-0.39, 0.29) is 17.4 Å². The second-order valence-electron chi connectivity index (χ2n) is 6.56. The third kappa shape index (κ3) is 7.25. The highest BCUT2D eigenvalue weighted by molar-refractivity contribution is 5.76. The van der Waals surface area contributed by atoms with Crippen molar-refractivity contribution in [3.8, 4) is 11.5 Å². The number of benzene rings is 1. The van der Waals surface area contributed by atoms with Gasteiger partial charge in [-0.1, -0.05) is 39.8 Å². The average Bonchev–Trinajstić information content (AvgIpc) is 2.39. The van der Waals surface area contributed by atoms with Crippen molar-refractivity contribution in [1.29, 1.82) is 0 Å². The quantitative estimate of drug-likeness (QED) is 0.549. The third-order valence-corrected chi connectivity index (χ3v) is 3.06. The molecule has 0 atom stereocenters. The van der Waals surface area contributed by atoms with Crippen molar-refractivity contribution in [1.82, 2.24) is 0 Å². The van der Waals surface area contributed by atoms with Gasteiger partial charge in [-0.2, -0.15) is 0 Å². The summed E-state index contributed by atoms with van der Waals surface area (Å²) in [4.78, 5) is 23.5. The fraction of sp³-hybridized carbons (Fsp3) is 0.556. The maximum atomic E-state index is 11.9. The summed E-state index contributed by atoms with van der Waals surface area (Å²) in [5.74, 6) is -0.0280. The minimum Gasteiger partial charge on any atom is -0.423 e. The van der Waals surface area contributed by atoms with Gasteiger partial charge < -0.3 is 9.47 Å². The molecule has 0 aromatic heterocycles. The highest BCUT2D eigenvalue weighted by atomic mass is 16.6. The molecule has 0 radical (unpaired) electrons. The standard InChI is InChI=1S/C18H26O4/c1-5-9-16(19)21-14-10-6-7-11-15(14)22-17(20)12-8-13-18(2,3)4/h6-7,10-11H,5,8-9,12-13H2,1-4H3. The first-order valence-electron chi connectivity index (χ1n) is 7.82. The summed E-state index contributed by atoms with van der Waals surface area (Å²) in [6, 6.07) is 6.75. The molecule has 0 aliphatic rings.